The van der Waals surface area contributed by atoms with Gasteiger partial charge >= 0.3 is 0 Å². The fourth-order valence-corrected chi connectivity index (χ4v) is 2.73. The third-order valence-electron chi connectivity index (χ3n) is 2.37. The van der Waals surface area contributed by atoms with E-state index in [2.05, 4.69) is 9.71 Å². The summed E-state index contributed by atoms with van der Waals surface area (Å²) in [6.45, 7) is 0. The Labute approximate surface area is 114 Å². The van der Waals surface area contributed by atoms with Crippen LogP contribution >= 0.6 is 0 Å². The minimum absolute atomic E-state index is 0.0595. The van der Waals surface area contributed by atoms with Gasteiger partial charge in [0, 0.05) is 18.0 Å². The number of nitrogen functional groups attached to an aromatic ring is 1. The maximum absolute atomic E-state index is 12.2. The molecule has 20 heavy (non-hydrogen) atoms. The van der Waals surface area contributed by atoms with Crippen LogP contribution in [-0.2, 0) is 10.0 Å². The smallest absolute Gasteiger partial charge is 0.290 e. The van der Waals surface area contributed by atoms with Gasteiger partial charge in [0.25, 0.3) is 15.7 Å². The Hall–Kier alpha value is -2.68. The summed E-state index contributed by atoms with van der Waals surface area (Å²) in [5.41, 5.74) is 5.04. The topological polar surface area (TPSA) is 128 Å². The van der Waals surface area contributed by atoms with Crippen LogP contribution < -0.4 is 10.5 Å². The van der Waals surface area contributed by atoms with Crippen LogP contribution in [0.5, 0.6) is 0 Å². The number of rotatable bonds is 4. The number of hydrogen-bond acceptors (Lipinski definition) is 6. The van der Waals surface area contributed by atoms with E-state index in [0.29, 0.717) is 0 Å². The van der Waals surface area contributed by atoms with Crippen molar-refractivity contribution in [1.29, 1.82) is 0 Å². The number of nitro benzene ring substituents is 1. The van der Waals surface area contributed by atoms with E-state index in [0.717, 1.165) is 12.1 Å². The Morgan fingerprint density at radius 2 is 2.00 bits per heavy atom. The van der Waals surface area contributed by atoms with Crippen molar-refractivity contribution in [3.8, 4) is 0 Å². The van der Waals surface area contributed by atoms with Crippen molar-refractivity contribution < 1.29 is 13.3 Å². The SMILES string of the molecule is Nc1ccc([N+](=O)[O-])c(S(=O)(=O)Nc2ccccn2)c1. The van der Waals surface area contributed by atoms with Gasteiger partial charge in [-0.1, -0.05) is 6.07 Å². The predicted octanol–water partition coefficient (Wildman–Crippen LogP) is 1.37. The zero-order valence-corrected chi connectivity index (χ0v) is 10.9. The van der Waals surface area contributed by atoms with E-state index in [1.54, 1.807) is 12.1 Å². The van der Waals surface area contributed by atoms with Crippen LogP contribution in [0.3, 0.4) is 0 Å². The van der Waals surface area contributed by atoms with Crippen molar-refractivity contribution in [3.05, 3.63) is 52.7 Å². The molecule has 0 saturated carbocycles. The summed E-state index contributed by atoms with van der Waals surface area (Å²) in [4.78, 5) is 13.4. The summed E-state index contributed by atoms with van der Waals surface area (Å²) in [6.07, 6.45) is 1.39. The van der Waals surface area contributed by atoms with E-state index in [1.807, 2.05) is 0 Å². The van der Waals surface area contributed by atoms with Gasteiger partial charge in [0.1, 0.15) is 5.82 Å². The molecule has 0 atom stereocenters. The van der Waals surface area contributed by atoms with E-state index in [1.165, 1.54) is 18.3 Å². The molecular formula is C11H10N4O4S. The van der Waals surface area contributed by atoms with Gasteiger partial charge in [0.15, 0.2) is 4.90 Å². The third kappa shape index (κ3) is 2.83. The Morgan fingerprint density at radius 1 is 1.25 bits per heavy atom. The van der Waals surface area contributed by atoms with Gasteiger partial charge in [-0.15, -0.1) is 0 Å². The van der Waals surface area contributed by atoms with Gasteiger partial charge in [0.2, 0.25) is 0 Å². The molecule has 3 N–H and O–H groups in total. The fraction of sp³-hybridized carbons (Fsp3) is 0. The molecule has 0 unspecified atom stereocenters. The van der Waals surface area contributed by atoms with E-state index in [9.17, 15) is 18.5 Å². The zero-order chi connectivity index (χ0) is 14.8. The normalized spacial score (nSPS) is 11.0. The number of nitro groups is 1. The minimum atomic E-state index is -4.15. The van der Waals surface area contributed by atoms with Crippen LogP contribution in [0.1, 0.15) is 0 Å². The number of nitrogens with one attached hydrogen (secondary N) is 1. The second-order valence-corrected chi connectivity index (χ2v) is 5.46. The summed E-state index contributed by atoms with van der Waals surface area (Å²) < 4.78 is 26.5. The van der Waals surface area contributed by atoms with E-state index in [4.69, 9.17) is 5.73 Å². The lowest BCUT2D eigenvalue weighted by molar-refractivity contribution is -0.387. The first-order chi connectivity index (χ1) is 9.40. The lowest BCUT2D eigenvalue weighted by atomic mass is 10.3. The first kappa shape index (κ1) is 13.7. The van der Waals surface area contributed by atoms with Crippen molar-refractivity contribution in [2.75, 3.05) is 10.5 Å². The average Bonchev–Trinajstić information content (AvgIpc) is 2.39. The molecule has 0 aliphatic carbocycles. The molecule has 0 bridgehead atoms. The Kier molecular flexibility index (Phi) is 3.53. The number of aromatic nitrogens is 1. The highest BCUT2D eigenvalue weighted by Gasteiger charge is 2.26. The van der Waals surface area contributed by atoms with Crippen LogP contribution in [0.2, 0.25) is 0 Å². The molecule has 2 rings (SSSR count). The largest absolute Gasteiger partial charge is 0.399 e. The number of benzene rings is 1. The highest BCUT2D eigenvalue weighted by atomic mass is 32.2. The van der Waals surface area contributed by atoms with Crippen LogP contribution in [0.15, 0.2) is 47.5 Å². The van der Waals surface area contributed by atoms with E-state index >= 15 is 0 Å². The first-order valence-electron chi connectivity index (χ1n) is 5.38. The third-order valence-corrected chi connectivity index (χ3v) is 3.76. The van der Waals surface area contributed by atoms with E-state index in [-0.39, 0.29) is 11.5 Å². The van der Waals surface area contributed by atoms with Crippen LogP contribution in [-0.4, -0.2) is 18.3 Å². The highest BCUT2D eigenvalue weighted by Crippen LogP contribution is 2.27. The van der Waals surface area contributed by atoms with Crippen molar-refractivity contribution in [3.63, 3.8) is 0 Å². The number of hydrogen-bond donors (Lipinski definition) is 2. The minimum Gasteiger partial charge on any atom is -0.399 e. The van der Waals surface area contributed by atoms with Crippen LogP contribution in [0.4, 0.5) is 17.2 Å². The molecule has 0 radical (unpaired) electrons. The Bertz CT molecular complexity index is 746. The number of nitrogens with two attached hydrogens (primary N) is 1. The molecule has 9 heteroatoms. The van der Waals surface area contributed by atoms with Crippen LogP contribution in [0, 0.1) is 10.1 Å². The van der Waals surface area contributed by atoms with Crippen molar-refractivity contribution in [2.24, 2.45) is 0 Å². The molecule has 1 aromatic heterocycles. The molecule has 0 aliphatic heterocycles. The van der Waals surface area contributed by atoms with Gasteiger partial charge in [-0.2, -0.15) is 0 Å². The molecule has 104 valence electrons. The number of sulfonamides is 1. The first-order valence-corrected chi connectivity index (χ1v) is 6.86. The standard InChI is InChI=1S/C11H10N4O4S/c12-8-4-5-9(15(16)17)10(7-8)20(18,19)14-11-3-1-2-6-13-11/h1-7H,12H2,(H,13,14). The lowest BCUT2D eigenvalue weighted by Crippen LogP contribution is -2.15. The molecule has 2 aromatic rings. The molecule has 1 heterocycles. The number of anilines is 2. The second-order valence-electron chi connectivity index (χ2n) is 3.80. The lowest BCUT2D eigenvalue weighted by Gasteiger charge is -2.08. The Morgan fingerprint density at radius 3 is 2.60 bits per heavy atom. The summed E-state index contributed by atoms with van der Waals surface area (Å²) in [6, 6.07) is 7.96. The molecule has 1 aromatic carbocycles. The molecule has 8 nitrogen and oxygen atoms in total. The van der Waals surface area contributed by atoms with Crippen LogP contribution in [0.25, 0.3) is 0 Å². The maximum atomic E-state index is 12.2. The monoisotopic (exact) mass is 294 g/mol. The van der Waals surface area contributed by atoms with Gasteiger partial charge in [0.05, 0.1) is 4.92 Å². The Balaban J connectivity index is 2.49. The van der Waals surface area contributed by atoms with Crippen molar-refractivity contribution >= 4 is 27.2 Å². The molecule has 0 spiro atoms. The predicted molar refractivity (Wildman–Crippen MR) is 72.6 cm³/mol. The van der Waals surface area contributed by atoms with Crippen molar-refractivity contribution in [2.45, 2.75) is 4.90 Å². The number of pyridine rings is 1. The maximum Gasteiger partial charge on any atom is 0.290 e. The second kappa shape index (κ2) is 5.13. The van der Waals surface area contributed by atoms with E-state index < -0.39 is 25.5 Å². The summed E-state index contributed by atoms with van der Waals surface area (Å²) >= 11 is 0. The van der Waals surface area contributed by atoms with Gasteiger partial charge in [-0.05, 0) is 24.3 Å². The summed E-state index contributed by atoms with van der Waals surface area (Å²) in [5.74, 6) is 0.0595. The molecule has 0 amide bonds. The number of nitrogens with zero attached hydrogens (tertiary/aromatic N) is 2. The quantitative estimate of drug-likeness (QED) is 0.498. The summed E-state index contributed by atoms with van der Waals surface area (Å²) in [7, 11) is -4.15. The van der Waals surface area contributed by atoms with Gasteiger partial charge in [-0.25, -0.2) is 13.4 Å². The summed E-state index contributed by atoms with van der Waals surface area (Å²) in [5, 5.41) is 10.9. The fourth-order valence-electron chi connectivity index (χ4n) is 1.51. The van der Waals surface area contributed by atoms with Gasteiger partial charge < -0.3 is 5.73 Å². The van der Waals surface area contributed by atoms with Crippen molar-refractivity contribution in [1.82, 2.24) is 4.98 Å². The molecule has 0 aliphatic rings. The molecule has 0 fully saturated rings. The average molecular weight is 294 g/mol. The zero-order valence-electron chi connectivity index (χ0n) is 10.1. The molecule has 0 saturated heterocycles. The highest BCUT2D eigenvalue weighted by molar-refractivity contribution is 7.92. The van der Waals surface area contributed by atoms with Gasteiger partial charge in [-0.3, -0.25) is 14.8 Å². The molecular weight excluding hydrogens is 284 g/mol.